The number of hydrogen-bond acceptors (Lipinski definition) is 2. The summed E-state index contributed by atoms with van der Waals surface area (Å²) in [5.74, 6) is 3.90. The first-order valence-electron chi connectivity index (χ1n) is 13.6. The molecule has 2 heterocycles. The van der Waals surface area contributed by atoms with Crippen LogP contribution in [0.15, 0.2) is 129 Å². The van der Waals surface area contributed by atoms with Crippen LogP contribution in [0.1, 0.15) is 13.3 Å². The minimum absolute atomic E-state index is 0.133. The fraction of sp³-hybridized carbons (Fsp3) is 0.133. The van der Waals surface area contributed by atoms with Gasteiger partial charge in [-0.3, -0.25) is 0 Å². The topological polar surface area (TPSA) is 18.5 Å². The Balaban J connectivity index is 0.000000314. The molecule has 2 atom stereocenters. The van der Waals surface area contributed by atoms with Crippen LogP contribution in [0.4, 0.5) is 50.4 Å². The molecule has 0 saturated heterocycles. The van der Waals surface area contributed by atoms with Gasteiger partial charge in [-0.05, 0) is 55.5 Å². The summed E-state index contributed by atoms with van der Waals surface area (Å²) in [6.45, 7) is 6.60. The van der Waals surface area contributed by atoms with Crippen molar-refractivity contribution in [3.63, 3.8) is 0 Å². The van der Waals surface area contributed by atoms with Gasteiger partial charge in [0, 0.05) is 6.42 Å². The Kier molecular flexibility index (Phi) is 9.26. The van der Waals surface area contributed by atoms with Gasteiger partial charge >= 0.3 is 66.0 Å². The van der Waals surface area contributed by atoms with Gasteiger partial charge in [0.1, 0.15) is 0 Å². The molecule has 0 N–H and O–H groups in total. The zero-order chi connectivity index (χ0) is 35.9. The van der Waals surface area contributed by atoms with Crippen LogP contribution in [0.3, 0.4) is 0 Å². The zero-order valence-corrected chi connectivity index (χ0v) is 27.9. The van der Waals surface area contributed by atoms with Crippen molar-refractivity contribution in [2.45, 2.75) is 43.4 Å². The Morgan fingerprint density at radius 1 is 0.521 bits per heavy atom. The standard InChI is InChI=1S/C30H26O2S2.2F6P/c1-3-12-26(34-29-19-10-6-15-24(29)32-25-16-7-11-20-30(25)34)21(2)33-27-17-8-4-13-22(27)31-23-14-5-9-18-28(23)33;2*1-7(2,3,4,5)6/h3-11,13-21,26H,1,12H2,2H3;;/q+2;2*-1/t21-,26-;;/m0../s1. The van der Waals surface area contributed by atoms with Gasteiger partial charge in [-0.1, -0.05) is 54.6 Å². The van der Waals surface area contributed by atoms with E-state index in [1.54, 1.807) is 0 Å². The quantitative estimate of drug-likeness (QED) is 0.0871. The first-order valence-corrected chi connectivity index (χ1v) is 20.2. The van der Waals surface area contributed by atoms with Crippen molar-refractivity contribution in [2.75, 3.05) is 0 Å². The first kappa shape index (κ1) is 37.8. The van der Waals surface area contributed by atoms with Gasteiger partial charge < -0.3 is 9.47 Å². The third kappa shape index (κ3) is 11.8. The Labute approximate surface area is 272 Å². The maximum atomic E-state index is 9.87. The third-order valence-corrected chi connectivity index (χ3v) is 12.1. The summed E-state index contributed by atoms with van der Waals surface area (Å²) in [6, 6.07) is 34.1. The molecule has 0 aliphatic carbocycles. The second-order valence-electron chi connectivity index (χ2n) is 10.4. The first-order chi connectivity index (χ1) is 21.7. The molecule has 4 aromatic carbocycles. The fourth-order valence-corrected chi connectivity index (χ4v) is 10.8. The van der Waals surface area contributed by atoms with Crippen molar-refractivity contribution in [1.82, 2.24) is 0 Å². The van der Waals surface area contributed by atoms with E-state index in [-0.39, 0.29) is 21.8 Å². The van der Waals surface area contributed by atoms with Crippen LogP contribution in [-0.4, -0.2) is 10.5 Å². The molecule has 0 fully saturated rings. The summed E-state index contributed by atoms with van der Waals surface area (Å²) in [5, 5.41) is 0.734. The van der Waals surface area contributed by atoms with Crippen molar-refractivity contribution in [3.8, 4) is 23.0 Å². The molecule has 48 heavy (non-hydrogen) atoms. The number of ether oxygens (including phenoxy) is 2. The fourth-order valence-electron chi connectivity index (χ4n) is 4.86. The van der Waals surface area contributed by atoms with Gasteiger partial charge in [0.2, 0.25) is 19.6 Å². The Morgan fingerprint density at radius 3 is 1.04 bits per heavy atom. The monoisotopic (exact) mass is 772 g/mol. The second-order valence-corrected chi connectivity index (χ2v) is 18.6. The minimum atomic E-state index is -10.7. The maximum absolute atomic E-state index is 10.7. The number of para-hydroxylation sites is 4. The number of halogens is 12. The Bertz CT molecular complexity index is 1680. The van der Waals surface area contributed by atoms with E-state index in [1.165, 1.54) is 19.6 Å². The summed E-state index contributed by atoms with van der Waals surface area (Å²) in [4.78, 5) is 5.17. The normalized spacial score (nSPS) is 18.1. The molecular weight excluding hydrogens is 746 g/mol. The van der Waals surface area contributed by atoms with Crippen LogP contribution in [0.5, 0.6) is 23.0 Å². The van der Waals surface area contributed by atoms with E-state index < -0.39 is 15.6 Å². The van der Waals surface area contributed by atoms with E-state index in [0.29, 0.717) is 10.5 Å². The van der Waals surface area contributed by atoms with Crippen LogP contribution >= 0.6 is 15.6 Å². The Morgan fingerprint density at radius 2 is 0.771 bits per heavy atom. The van der Waals surface area contributed by atoms with Crippen LogP contribution < -0.4 is 9.47 Å². The molecule has 0 aromatic heterocycles. The van der Waals surface area contributed by atoms with E-state index in [4.69, 9.17) is 9.47 Å². The molecule has 0 spiro atoms. The number of hydrogen-bond donors (Lipinski definition) is 0. The summed E-state index contributed by atoms with van der Waals surface area (Å²) in [7, 11) is -21.6. The second kappa shape index (κ2) is 11.8. The van der Waals surface area contributed by atoms with Crippen molar-refractivity contribution in [3.05, 3.63) is 110 Å². The van der Waals surface area contributed by atoms with Crippen molar-refractivity contribution >= 4 is 37.4 Å². The van der Waals surface area contributed by atoms with E-state index in [2.05, 4.69) is 117 Å². The number of fused-ring (bicyclic) bond motifs is 4. The van der Waals surface area contributed by atoms with E-state index in [9.17, 15) is 50.4 Å². The molecule has 4 aromatic rings. The average Bonchev–Trinajstić information content (AvgIpc) is 2.94. The van der Waals surface area contributed by atoms with Gasteiger partial charge in [-0.15, -0.1) is 6.58 Å². The summed E-state index contributed by atoms with van der Waals surface area (Å²) >= 11 is 0. The summed E-state index contributed by atoms with van der Waals surface area (Å²) in [5.41, 5.74) is 0. The number of benzene rings is 4. The summed E-state index contributed by atoms with van der Waals surface area (Å²) in [6.07, 6.45) is 3.03. The zero-order valence-electron chi connectivity index (χ0n) is 24.4. The molecule has 0 bridgehead atoms. The van der Waals surface area contributed by atoms with Gasteiger partial charge in [-0.25, -0.2) is 0 Å². The van der Waals surface area contributed by atoms with Crippen LogP contribution in [0, 0.1) is 0 Å². The molecule has 0 amide bonds. The molecule has 0 unspecified atom stereocenters. The average molecular weight is 773 g/mol. The number of allylic oxidation sites excluding steroid dienone is 1. The van der Waals surface area contributed by atoms with Gasteiger partial charge in [0.25, 0.3) is 0 Å². The van der Waals surface area contributed by atoms with Gasteiger partial charge in [0.15, 0.2) is 33.5 Å². The number of rotatable bonds is 5. The van der Waals surface area contributed by atoms with Crippen LogP contribution in [0.25, 0.3) is 0 Å². The summed E-state index contributed by atoms with van der Waals surface area (Å²) < 4.78 is 131. The molecule has 264 valence electrons. The Hall–Kier alpha value is -3.06. The molecule has 18 heteroatoms. The van der Waals surface area contributed by atoms with E-state index >= 15 is 0 Å². The van der Waals surface area contributed by atoms with Crippen molar-refractivity contribution in [2.24, 2.45) is 0 Å². The van der Waals surface area contributed by atoms with Gasteiger partial charge in [-0.2, -0.15) is 0 Å². The van der Waals surface area contributed by atoms with Crippen molar-refractivity contribution in [1.29, 1.82) is 0 Å². The molecule has 0 saturated carbocycles. The van der Waals surface area contributed by atoms with Gasteiger partial charge in [0.05, 0.1) is 21.8 Å². The van der Waals surface area contributed by atoms with Crippen LogP contribution in [0.2, 0.25) is 0 Å². The predicted octanol–water partition coefficient (Wildman–Crippen LogP) is 14.8. The molecule has 2 aliphatic heterocycles. The third-order valence-electron chi connectivity index (χ3n) is 6.38. The molecule has 0 radical (unpaired) electrons. The molecule has 2 nitrogen and oxygen atoms in total. The molecular formula is C30H26F12O2P2S2. The van der Waals surface area contributed by atoms with Crippen molar-refractivity contribution < 1.29 is 59.8 Å². The van der Waals surface area contributed by atoms with E-state index in [0.717, 1.165) is 29.4 Å². The predicted molar refractivity (Wildman–Crippen MR) is 169 cm³/mol. The van der Waals surface area contributed by atoms with E-state index in [1.807, 2.05) is 0 Å². The molecule has 2 aliphatic rings. The van der Waals surface area contributed by atoms with Crippen LogP contribution in [-0.2, 0) is 21.8 Å². The molecule has 6 rings (SSSR count). The SMILES string of the molecule is C=CC[C@@H]([C@H](C)[S+]1c2ccccc2Oc2ccccc21)[S+]1c2ccccc2Oc2ccccc21.F[P-](F)(F)(F)(F)F.F[P-](F)(F)(F)(F)F.